The summed E-state index contributed by atoms with van der Waals surface area (Å²) >= 11 is 7.25. The molecular weight excluding hydrogens is 294 g/mol. The number of thiazole rings is 1. The lowest BCUT2D eigenvalue weighted by Crippen LogP contribution is -2.39. The standard InChI is InChI=1S/C14H24ClN3OS/c1-11(2)9-18(6-5-17(3)4)14(19)7-13-16-12(8-15)10-20-13/h10-11H,5-9H2,1-4H3. The molecule has 20 heavy (non-hydrogen) atoms. The highest BCUT2D eigenvalue weighted by Gasteiger charge is 2.17. The van der Waals surface area contributed by atoms with Crippen LogP contribution in [0.15, 0.2) is 5.38 Å². The molecule has 4 nitrogen and oxygen atoms in total. The topological polar surface area (TPSA) is 36.4 Å². The summed E-state index contributed by atoms with van der Waals surface area (Å²) in [6, 6.07) is 0. The Morgan fingerprint density at radius 2 is 2.10 bits per heavy atom. The zero-order valence-corrected chi connectivity index (χ0v) is 14.3. The lowest BCUT2D eigenvalue weighted by atomic mass is 10.2. The van der Waals surface area contributed by atoms with Gasteiger partial charge in [-0.05, 0) is 20.0 Å². The number of amides is 1. The Morgan fingerprint density at radius 3 is 2.60 bits per heavy atom. The predicted molar refractivity (Wildman–Crippen MR) is 85.3 cm³/mol. The van der Waals surface area contributed by atoms with Gasteiger partial charge in [-0.15, -0.1) is 22.9 Å². The monoisotopic (exact) mass is 317 g/mol. The third kappa shape index (κ3) is 6.20. The van der Waals surface area contributed by atoms with Crippen molar-refractivity contribution in [2.24, 2.45) is 5.92 Å². The van der Waals surface area contributed by atoms with E-state index in [4.69, 9.17) is 11.6 Å². The largest absolute Gasteiger partial charge is 0.341 e. The average molecular weight is 318 g/mol. The van der Waals surface area contributed by atoms with Crippen LogP contribution in [-0.2, 0) is 17.1 Å². The van der Waals surface area contributed by atoms with E-state index in [2.05, 4.69) is 23.7 Å². The van der Waals surface area contributed by atoms with Crippen molar-refractivity contribution in [2.45, 2.75) is 26.1 Å². The van der Waals surface area contributed by atoms with Gasteiger partial charge in [-0.2, -0.15) is 0 Å². The van der Waals surface area contributed by atoms with Crippen LogP contribution in [0.2, 0.25) is 0 Å². The highest BCUT2D eigenvalue weighted by Crippen LogP contribution is 2.13. The van der Waals surface area contributed by atoms with E-state index in [0.29, 0.717) is 18.2 Å². The van der Waals surface area contributed by atoms with Crippen molar-refractivity contribution in [3.05, 3.63) is 16.1 Å². The highest BCUT2D eigenvalue weighted by atomic mass is 35.5. The van der Waals surface area contributed by atoms with Crippen LogP contribution >= 0.6 is 22.9 Å². The number of halogens is 1. The molecule has 0 aliphatic heterocycles. The van der Waals surface area contributed by atoms with Crippen molar-refractivity contribution in [1.82, 2.24) is 14.8 Å². The normalized spacial score (nSPS) is 11.3. The molecule has 6 heteroatoms. The first-order valence-electron chi connectivity index (χ1n) is 6.84. The van der Waals surface area contributed by atoms with Crippen LogP contribution in [0.1, 0.15) is 24.5 Å². The second-order valence-corrected chi connectivity index (χ2v) is 6.79. The van der Waals surface area contributed by atoms with Gasteiger partial charge in [0, 0.05) is 25.0 Å². The minimum absolute atomic E-state index is 0.149. The molecule has 0 atom stereocenters. The second-order valence-electron chi connectivity index (χ2n) is 5.58. The van der Waals surface area contributed by atoms with E-state index < -0.39 is 0 Å². The van der Waals surface area contributed by atoms with Gasteiger partial charge in [0.25, 0.3) is 0 Å². The van der Waals surface area contributed by atoms with Crippen molar-refractivity contribution in [3.63, 3.8) is 0 Å². The summed E-state index contributed by atoms with van der Waals surface area (Å²) in [6.45, 7) is 6.69. The SMILES string of the molecule is CC(C)CN(CCN(C)C)C(=O)Cc1nc(CCl)cs1. The number of hydrogen-bond donors (Lipinski definition) is 0. The Labute approximate surface area is 130 Å². The summed E-state index contributed by atoms with van der Waals surface area (Å²) in [7, 11) is 4.04. The number of carbonyl (C=O) groups excluding carboxylic acids is 1. The van der Waals surface area contributed by atoms with Gasteiger partial charge in [0.15, 0.2) is 0 Å². The molecule has 1 amide bonds. The van der Waals surface area contributed by atoms with Crippen LogP contribution in [0, 0.1) is 5.92 Å². The van der Waals surface area contributed by atoms with Gasteiger partial charge in [0.05, 0.1) is 18.0 Å². The van der Waals surface area contributed by atoms with Gasteiger partial charge in [-0.25, -0.2) is 4.98 Å². The van der Waals surface area contributed by atoms with Crippen LogP contribution in [0.3, 0.4) is 0 Å². The maximum Gasteiger partial charge on any atom is 0.229 e. The van der Waals surface area contributed by atoms with Gasteiger partial charge in [0.2, 0.25) is 5.91 Å². The fraction of sp³-hybridized carbons (Fsp3) is 0.714. The summed E-state index contributed by atoms with van der Waals surface area (Å²) in [5.74, 6) is 1.02. The van der Waals surface area contributed by atoms with Crippen molar-refractivity contribution in [3.8, 4) is 0 Å². The van der Waals surface area contributed by atoms with Gasteiger partial charge < -0.3 is 9.80 Å². The number of hydrogen-bond acceptors (Lipinski definition) is 4. The molecule has 0 aromatic carbocycles. The smallest absolute Gasteiger partial charge is 0.229 e. The fourth-order valence-electron chi connectivity index (χ4n) is 1.81. The van der Waals surface area contributed by atoms with E-state index in [1.54, 1.807) is 0 Å². The first-order valence-corrected chi connectivity index (χ1v) is 8.25. The lowest BCUT2D eigenvalue weighted by molar-refractivity contribution is -0.131. The summed E-state index contributed by atoms with van der Waals surface area (Å²) in [4.78, 5) is 20.8. The minimum atomic E-state index is 0.149. The Hall–Kier alpha value is -0.650. The van der Waals surface area contributed by atoms with E-state index >= 15 is 0 Å². The number of alkyl halides is 1. The molecule has 0 saturated carbocycles. The molecule has 0 fully saturated rings. The fourth-order valence-corrected chi connectivity index (χ4v) is 2.83. The van der Waals surface area contributed by atoms with Crippen LogP contribution in [0.5, 0.6) is 0 Å². The molecule has 1 aromatic heterocycles. The summed E-state index contributed by atoms with van der Waals surface area (Å²) in [5, 5.41) is 2.77. The third-order valence-corrected chi connectivity index (χ3v) is 3.97. The number of nitrogens with zero attached hydrogens (tertiary/aromatic N) is 3. The van der Waals surface area contributed by atoms with Crippen LogP contribution in [0.25, 0.3) is 0 Å². The summed E-state index contributed by atoms with van der Waals surface area (Å²) < 4.78 is 0. The average Bonchev–Trinajstić information content (AvgIpc) is 2.81. The van der Waals surface area contributed by atoms with Crippen molar-refractivity contribution in [2.75, 3.05) is 33.7 Å². The van der Waals surface area contributed by atoms with E-state index in [-0.39, 0.29) is 5.91 Å². The molecule has 0 aliphatic rings. The zero-order valence-electron chi connectivity index (χ0n) is 12.7. The molecule has 1 heterocycles. The van der Waals surface area contributed by atoms with Crippen LogP contribution in [-0.4, -0.2) is 54.4 Å². The summed E-state index contributed by atoms with van der Waals surface area (Å²) in [5.41, 5.74) is 0.850. The number of rotatable bonds is 8. The van der Waals surface area contributed by atoms with Crippen LogP contribution in [0.4, 0.5) is 0 Å². The molecule has 0 spiro atoms. The number of carbonyl (C=O) groups is 1. The molecule has 114 valence electrons. The zero-order chi connectivity index (χ0) is 15.1. The van der Waals surface area contributed by atoms with E-state index in [1.165, 1.54) is 11.3 Å². The van der Waals surface area contributed by atoms with Crippen molar-refractivity contribution in [1.29, 1.82) is 0 Å². The van der Waals surface area contributed by atoms with E-state index in [1.807, 2.05) is 24.4 Å². The Balaban J connectivity index is 2.61. The molecule has 0 unspecified atom stereocenters. The van der Waals surface area contributed by atoms with Crippen molar-refractivity contribution >= 4 is 28.8 Å². The second kappa shape index (κ2) is 8.60. The highest BCUT2D eigenvalue weighted by molar-refractivity contribution is 7.09. The molecule has 1 aromatic rings. The molecule has 0 saturated heterocycles. The maximum absolute atomic E-state index is 12.4. The number of likely N-dealkylation sites (N-methyl/N-ethyl adjacent to an activating group) is 1. The van der Waals surface area contributed by atoms with Crippen LogP contribution < -0.4 is 0 Å². The van der Waals surface area contributed by atoms with E-state index in [0.717, 1.165) is 30.3 Å². The third-order valence-electron chi connectivity index (χ3n) is 2.79. The lowest BCUT2D eigenvalue weighted by Gasteiger charge is -2.25. The summed E-state index contributed by atoms with van der Waals surface area (Å²) in [6.07, 6.45) is 0.377. The van der Waals surface area contributed by atoms with Gasteiger partial charge >= 0.3 is 0 Å². The van der Waals surface area contributed by atoms with Gasteiger partial charge in [-0.1, -0.05) is 13.8 Å². The Bertz CT molecular complexity index is 420. The molecule has 0 radical (unpaired) electrons. The van der Waals surface area contributed by atoms with Crippen molar-refractivity contribution < 1.29 is 4.79 Å². The first kappa shape index (κ1) is 17.4. The molecule has 0 N–H and O–H groups in total. The maximum atomic E-state index is 12.4. The Kier molecular flexibility index (Phi) is 7.48. The molecule has 1 rings (SSSR count). The molecule has 0 bridgehead atoms. The van der Waals surface area contributed by atoms with Gasteiger partial charge in [0.1, 0.15) is 5.01 Å². The quantitative estimate of drug-likeness (QED) is 0.691. The molecule has 0 aliphatic carbocycles. The van der Waals surface area contributed by atoms with E-state index in [9.17, 15) is 4.79 Å². The Morgan fingerprint density at radius 1 is 1.40 bits per heavy atom. The molecular formula is C14H24ClN3OS. The number of aromatic nitrogens is 1. The van der Waals surface area contributed by atoms with Gasteiger partial charge in [-0.3, -0.25) is 4.79 Å². The predicted octanol–water partition coefficient (Wildman–Crippen LogP) is 2.47. The minimum Gasteiger partial charge on any atom is -0.341 e. The first-order chi connectivity index (χ1) is 9.42.